The van der Waals surface area contributed by atoms with Crippen LogP contribution in [0.15, 0.2) is 18.3 Å². The monoisotopic (exact) mass is 275 g/mol. The average molecular weight is 275 g/mol. The van der Waals surface area contributed by atoms with Crippen LogP contribution in [0.3, 0.4) is 0 Å². The maximum absolute atomic E-state index is 12.0. The minimum atomic E-state index is -0.354. The molecule has 1 aromatic heterocycles. The first kappa shape index (κ1) is 14.8. The molecule has 0 radical (unpaired) electrons. The highest BCUT2D eigenvalue weighted by Gasteiger charge is 2.21. The Morgan fingerprint density at radius 2 is 2.00 bits per heavy atom. The summed E-state index contributed by atoms with van der Waals surface area (Å²) in [7, 11) is 0. The number of nitrogens with zero attached hydrogens (tertiary/aromatic N) is 2. The molecule has 0 saturated carbocycles. The van der Waals surface area contributed by atoms with Gasteiger partial charge in [-0.05, 0) is 25.3 Å². The van der Waals surface area contributed by atoms with Crippen molar-refractivity contribution in [1.29, 1.82) is 0 Å². The van der Waals surface area contributed by atoms with Gasteiger partial charge >= 0.3 is 0 Å². The highest BCUT2D eigenvalue weighted by molar-refractivity contribution is 5.81. The van der Waals surface area contributed by atoms with Gasteiger partial charge in [0.2, 0.25) is 5.91 Å². The first-order valence-corrected chi connectivity index (χ1v) is 7.45. The van der Waals surface area contributed by atoms with Crippen LogP contribution in [0.5, 0.6) is 0 Å². The van der Waals surface area contributed by atoms with Gasteiger partial charge in [-0.3, -0.25) is 4.79 Å². The van der Waals surface area contributed by atoms with Crippen LogP contribution in [0.1, 0.15) is 45.6 Å². The number of nitrogens with one attached hydrogen (secondary N) is 1. The lowest BCUT2D eigenvalue weighted by Gasteiger charge is -2.29. The van der Waals surface area contributed by atoms with E-state index in [1.165, 1.54) is 19.3 Å². The Hall–Kier alpha value is -1.58. The molecule has 0 unspecified atom stereocenters. The molecule has 1 N–H and O–H groups in total. The number of carbonyl (C=O) groups excluding carboxylic acids is 1. The van der Waals surface area contributed by atoms with Gasteiger partial charge in [-0.1, -0.05) is 26.8 Å². The molecule has 2 heterocycles. The van der Waals surface area contributed by atoms with E-state index in [4.69, 9.17) is 0 Å². The van der Waals surface area contributed by atoms with Crippen molar-refractivity contribution in [2.45, 2.75) is 46.6 Å². The van der Waals surface area contributed by atoms with Gasteiger partial charge in [0.25, 0.3) is 0 Å². The van der Waals surface area contributed by atoms with Gasteiger partial charge in [0.05, 0.1) is 0 Å². The van der Waals surface area contributed by atoms with Gasteiger partial charge in [-0.2, -0.15) is 0 Å². The van der Waals surface area contributed by atoms with E-state index in [-0.39, 0.29) is 11.3 Å². The molecule has 4 heteroatoms. The third-order valence-corrected chi connectivity index (χ3v) is 3.64. The zero-order valence-corrected chi connectivity index (χ0v) is 12.8. The molecule has 1 aromatic rings. The van der Waals surface area contributed by atoms with E-state index in [2.05, 4.69) is 21.3 Å². The van der Waals surface area contributed by atoms with Crippen LogP contribution in [-0.4, -0.2) is 24.0 Å². The second kappa shape index (κ2) is 6.25. The molecule has 1 aliphatic rings. The molecule has 20 heavy (non-hydrogen) atoms. The van der Waals surface area contributed by atoms with E-state index in [0.717, 1.165) is 24.5 Å². The summed E-state index contributed by atoms with van der Waals surface area (Å²) < 4.78 is 0. The van der Waals surface area contributed by atoms with E-state index >= 15 is 0 Å². The second-order valence-electron chi connectivity index (χ2n) is 6.47. The summed E-state index contributed by atoms with van der Waals surface area (Å²) >= 11 is 0. The number of pyridine rings is 1. The number of rotatable bonds is 3. The Bertz CT molecular complexity index is 459. The molecule has 0 aliphatic carbocycles. The maximum atomic E-state index is 12.0. The van der Waals surface area contributed by atoms with Crippen LogP contribution in [0.4, 0.5) is 5.82 Å². The number of aromatic nitrogens is 1. The third-order valence-electron chi connectivity index (χ3n) is 3.64. The van der Waals surface area contributed by atoms with E-state index in [0.29, 0.717) is 6.54 Å². The lowest BCUT2D eigenvalue weighted by Crippen LogP contribution is -2.36. The van der Waals surface area contributed by atoms with Crippen LogP contribution < -0.4 is 10.2 Å². The average Bonchev–Trinajstić information content (AvgIpc) is 2.45. The first-order valence-electron chi connectivity index (χ1n) is 7.45. The van der Waals surface area contributed by atoms with Crippen LogP contribution in [-0.2, 0) is 11.3 Å². The molecular weight excluding hydrogens is 250 g/mol. The number of anilines is 1. The summed E-state index contributed by atoms with van der Waals surface area (Å²) in [5, 5.41) is 3.01. The van der Waals surface area contributed by atoms with E-state index < -0.39 is 0 Å². The van der Waals surface area contributed by atoms with E-state index in [1.54, 1.807) is 0 Å². The Kier molecular flexibility index (Phi) is 4.63. The predicted molar refractivity (Wildman–Crippen MR) is 81.6 cm³/mol. The molecule has 1 saturated heterocycles. The molecule has 1 aliphatic heterocycles. The zero-order chi connectivity index (χ0) is 14.6. The van der Waals surface area contributed by atoms with Crippen LogP contribution in [0, 0.1) is 5.41 Å². The molecular formula is C16H25N3O. The van der Waals surface area contributed by atoms with Crippen LogP contribution >= 0.6 is 0 Å². The number of piperidine rings is 1. The van der Waals surface area contributed by atoms with E-state index in [9.17, 15) is 4.79 Å². The summed E-state index contributed by atoms with van der Waals surface area (Å²) in [6.07, 6.45) is 5.59. The molecule has 0 bridgehead atoms. The Morgan fingerprint density at radius 1 is 1.30 bits per heavy atom. The summed E-state index contributed by atoms with van der Waals surface area (Å²) in [6.45, 7) is 8.47. The molecule has 0 aromatic carbocycles. The Balaban J connectivity index is 2.06. The topological polar surface area (TPSA) is 45.2 Å². The first-order chi connectivity index (χ1) is 9.48. The minimum Gasteiger partial charge on any atom is -0.356 e. The van der Waals surface area contributed by atoms with Crippen molar-refractivity contribution >= 4 is 11.7 Å². The number of carbonyl (C=O) groups is 1. The fourth-order valence-corrected chi connectivity index (χ4v) is 2.40. The number of hydrogen-bond acceptors (Lipinski definition) is 3. The lowest BCUT2D eigenvalue weighted by atomic mass is 9.95. The fraction of sp³-hybridized carbons (Fsp3) is 0.625. The smallest absolute Gasteiger partial charge is 0.225 e. The zero-order valence-electron chi connectivity index (χ0n) is 12.8. The van der Waals surface area contributed by atoms with E-state index in [1.807, 2.05) is 33.0 Å². The molecule has 110 valence electrons. The van der Waals surface area contributed by atoms with Crippen LogP contribution in [0.2, 0.25) is 0 Å². The SMILES string of the molecule is CC(C)(C)C(=O)NCc1cccnc1N1CCCCC1. The lowest BCUT2D eigenvalue weighted by molar-refractivity contribution is -0.128. The van der Waals surface area contributed by atoms with Gasteiger partial charge in [0.1, 0.15) is 5.82 Å². The van der Waals surface area contributed by atoms with Gasteiger partial charge in [0.15, 0.2) is 0 Å². The number of hydrogen-bond donors (Lipinski definition) is 1. The fourth-order valence-electron chi connectivity index (χ4n) is 2.40. The highest BCUT2D eigenvalue weighted by atomic mass is 16.2. The minimum absolute atomic E-state index is 0.0750. The number of amides is 1. The molecule has 4 nitrogen and oxygen atoms in total. The normalized spacial score (nSPS) is 16.1. The molecule has 0 spiro atoms. The largest absolute Gasteiger partial charge is 0.356 e. The predicted octanol–water partition coefficient (Wildman–Crippen LogP) is 2.73. The van der Waals surface area contributed by atoms with Gasteiger partial charge in [-0.15, -0.1) is 0 Å². The van der Waals surface area contributed by atoms with Crippen molar-refractivity contribution in [2.75, 3.05) is 18.0 Å². The molecule has 2 rings (SSSR count). The standard InChI is InChI=1S/C16H25N3O/c1-16(2,3)15(20)18-12-13-8-7-9-17-14(13)19-10-5-4-6-11-19/h7-9H,4-6,10-12H2,1-3H3,(H,18,20). The third kappa shape index (κ3) is 3.71. The molecule has 0 atom stereocenters. The van der Waals surface area contributed by atoms with Crippen molar-refractivity contribution in [3.05, 3.63) is 23.9 Å². The van der Waals surface area contributed by atoms with Crippen molar-refractivity contribution in [3.63, 3.8) is 0 Å². The summed E-state index contributed by atoms with van der Waals surface area (Å²) in [6, 6.07) is 3.99. The quantitative estimate of drug-likeness (QED) is 0.922. The summed E-state index contributed by atoms with van der Waals surface area (Å²) in [5.74, 6) is 1.10. The van der Waals surface area contributed by atoms with Crippen molar-refractivity contribution in [1.82, 2.24) is 10.3 Å². The highest BCUT2D eigenvalue weighted by Crippen LogP contribution is 2.22. The second-order valence-corrected chi connectivity index (χ2v) is 6.47. The van der Waals surface area contributed by atoms with Crippen LogP contribution in [0.25, 0.3) is 0 Å². The maximum Gasteiger partial charge on any atom is 0.225 e. The van der Waals surface area contributed by atoms with Gasteiger partial charge in [-0.25, -0.2) is 4.98 Å². The van der Waals surface area contributed by atoms with Gasteiger partial charge < -0.3 is 10.2 Å². The van der Waals surface area contributed by atoms with Crippen molar-refractivity contribution < 1.29 is 4.79 Å². The van der Waals surface area contributed by atoms with Crippen molar-refractivity contribution in [2.24, 2.45) is 5.41 Å². The summed E-state index contributed by atoms with van der Waals surface area (Å²) in [5.41, 5.74) is 0.750. The summed E-state index contributed by atoms with van der Waals surface area (Å²) in [4.78, 5) is 18.8. The van der Waals surface area contributed by atoms with Gasteiger partial charge in [0, 0.05) is 36.8 Å². The Morgan fingerprint density at radius 3 is 2.65 bits per heavy atom. The van der Waals surface area contributed by atoms with Crippen molar-refractivity contribution in [3.8, 4) is 0 Å². The molecule has 1 fully saturated rings. The molecule has 1 amide bonds. The Labute approximate surface area is 121 Å².